The van der Waals surface area contributed by atoms with Gasteiger partial charge >= 0.3 is 0 Å². The van der Waals surface area contributed by atoms with Crippen molar-refractivity contribution >= 4 is 21.5 Å². The highest BCUT2D eigenvalue weighted by Gasteiger charge is 2.13. The molecule has 0 N–H and O–H groups in total. The lowest BCUT2D eigenvalue weighted by molar-refractivity contribution is 0.236. The zero-order valence-corrected chi connectivity index (χ0v) is 8.35. The summed E-state index contributed by atoms with van der Waals surface area (Å²) in [5.41, 5.74) is 0. The minimum Gasteiger partial charge on any atom is -0.260 e. The first-order valence-corrected chi connectivity index (χ1v) is 5.96. The summed E-state index contributed by atoms with van der Waals surface area (Å²) in [5.74, 6) is 0. The van der Waals surface area contributed by atoms with E-state index in [1.807, 2.05) is 0 Å². The molecule has 1 atom stereocenters. The smallest absolute Gasteiger partial charge is 0.260 e. The molecule has 0 spiro atoms. The third-order valence-electron chi connectivity index (χ3n) is 1.12. The first-order chi connectivity index (χ1) is 5.49. The molecule has 0 amide bonds. The van der Waals surface area contributed by atoms with Crippen molar-refractivity contribution in [3.63, 3.8) is 0 Å². The van der Waals surface area contributed by atoms with Crippen molar-refractivity contribution in [1.82, 2.24) is 4.98 Å². The lowest BCUT2D eigenvalue weighted by atomic mass is 10.4. The molecular weight excluding hydrogens is 198 g/mol. The van der Waals surface area contributed by atoms with Crippen molar-refractivity contribution < 1.29 is 12.6 Å². The van der Waals surface area contributed by atoms with Gasteiger partial charge in [-0.25, -0.2) is 4.98 Å². The third kappa shape index (κ3) is 2.88. The van der Waals surface area contributed by atoms with Crippen molar-refractivity contribution in [2.24, 2.45) is 0 Å². The van der Waals surface area contributed by atoms with Crippen LogP contribution in [0.25, 0.3) is 0 Å². The molecule has 0 aliphatic rings. The molecule has 0 saturated heterocycles. The van der Waals surface area contributed by atoms with Crippen molar-refractivity contribution in [3.8, 4) is 0 Å². The van der Waals surface area contributed by atoms with Crippen molar-refractivity contribution in [2.45, 2.75) is 13.0 Å². The van der Waals surface area contributed by atoms with Crippen LogP contribution in [0.2, 0.25) is 0 Å². The molecule has 68 valence electrons. The van der Waals surface area contributed by atoms with Crippen molar-refractivity contribution in [3.05, 3.63) is 16.6 Å². The maximum absolute atomic E-state index is 10.7. The zero-order chi connectivity index (χ0) is 9.19. The minimum atomic E-state index is -3.38. The van der Waals surface area contributed by atoms with E-state index in [4.69, 9.17) is 4.18 Å². The Morgan fingerprint density at radius 2 is 2.33 bits per heavy atom. The van der Waals surface area contributed by atoms with E-state index >= 15 is 0 Å². The van der Waals surface area contributed by atoms with Gasteiger partial charge in [0.05, 0.1) is 6.26 Å². The fraction of sp³-hybridized carbons (Fsp3) is 0.500. The van der Waals surface area contributed by atoms with Gasteiger partial charge in [-0.3, -0.25) is 4.18 Å². The van der Waals surface area contributed by atoms with Gasteiger partial charge in [0.1, 0.15) is 11.1 Å². The molecule has 0 fully saturated rings. The van der Waals surface area contributed by atoms with Crippen LogP contribution in [0, 0.1) is 0 Å². The Balaban J connectivity index is 2.68. The Labute approximate surface area is 75.3 Å². The summed E-state index contributed by atoms with van der Waals surface area (Å²) in [6.45, 7) is 1.65. The van der Waals surface area contributed by atoms with Crippen LogP contribution in [-0.4, -0.2) is 19.7 Å². The summed E-state index contributed by atoms with van der Waals surface area (Å²) in [5, 5.41) is 2.44. The second-order valence-electron chi connectivity index (χ2n) is 2.31. The van der Waals surface area contributed by atoms with Crippen LogP contribution in [0.1, 0.15) is 18.0 Å². The molecule has 0 saturated carbocycles. The molecule has 0 aromatic carbocycles. The Bertz CT molecular complexity index is 330. The van der Waals surface area contributed by atoms with Gasteiger partial charge in [0.2, 0.25) is 0 Å². The molecule has 0 bridgehead atoms. The van der Waals surface area contributed by atoms with Gasteiger partial charge in [-0.05, 0) is 6.92 Å². The van der Waals surface area contributed by atoms with Crippen LogP contribution in [0.4, 0.5) is 0 Å². The standard InChI is InChI=1S/C6H9NO3S2/c1-5(10-12(2,8)9)6-7-3-4-11-6/h3-5H,1-2H3. The molecule has 0 radical (unpaired) electrons. The molecule has 0 aliphatic carbocycles. The summed E-state index contributed by atoms with van der Waals surface area (Å²) < 4.78 is 26.1. The van der Waals surface area contributed by atoms with Crippen molar-refractivity contribution in [2.75, 3.05) is 6.26 Å². The van der Waals surface area contributed by atoms with E-state index in [0.29, 0.717) is 5.01 Å². The Kier molecular flexibility index (Phi) is 2.81. The highest BCUT2D eigenvalue weighted by atomic mass is 32.2. The van der Waals surface area contributed by atoms with Crippen LogP contribution in [0.5, 0.6) is 0 Å². The van der Waals surface area contributed by atoms with Gasteiger partial charge in [-0.2, -0.15) is 8.42 Å². The first-order valence-electron chi connectivity index (χ1n) is 3.26. The molecule has 1 aromatic rings. The van der Waals surface area contributed by atoms with Crippen LogP contribution >= 0.6 is 11.3 Å². The average Bonchev–Trinajstić information content (AvgIpc) is 2.32. The monoisotopic (exact) mass is 207 g/mol. The fourth-order valence-corrected chi connectivity index (χ4v) is 2.04. The van der Waals surface area contributed by atoms with Crippen LogP contribution in [0.15, 0.2) is 11.6 Å². The Morgan fingerprint density at radius 1 is 1.67 bits per heavy atom. The molecule has 0 aliphatic heterocycles. The van der Waals surface area contributed by atoms with E-state index in [1.165, 1.54) is 11.3 Å². The molecule has 4 nitrogen and oxygen atoms in total. The Morgan fingerprint density at radius 3 is 2.75 bits per heavy atom. The van der Waals surface area contributed by atoms with Gasteiger partial charge < -0.3 is 0 Å². The summed E-state index contributed by atoms with van der Waals surface area (Å²) in [4.78, 5) is 3.93. The van der Waals surface area contributed by atoms with Crippen LogP contribution < -0.4 is 0 Å². The van der Waals surface area contributed by atoms with E-state index in [0.717, 1.165) is 6.26 Å². The van der Waals surface area contributed by atoms with E-state index in [2.05, 4.69) is 4.98 Å². The van der Waals surface area contributed by atoms with Gasteiger partial charge in [0.15, 0.2) is 0 Å². The van der Waals surface area contributed by atoms with Gasteiger partial charge in [-0.15, -0.1) is 11.3 Å². The average molecular weight is 207 g/mol. The van der Waals surface area contributed by atoms with E-state index in [-0.39, 0.29) is 0 Å². The molecule has 1 heterocycles. The van der Waals surface area contributed by atoms with Crippen molar-refractivity contribution in [1.29, 1.82) is 0 Å². The number of thiazole rings is 1. The van der Waals surface area contributed by atoms with Gasteiger partial charge in [0, 0.05) is 11.6 Å². The maximum Gasteiger partial charge on any atom is 0.265 e. The highest BCUT2D eigenvalue weighted by molar-refractivity contribution is 7.86. The maximum atomic E-state index is 10.7. The van der Waals surface area contributed by atoms with E-state index in [9.17, 15) is 8.42 Å². The number of aromatic nitrogens is 1. The van der Waals surface area contributed by atoms with Gasteiger partial charge in [0.25, 0.3) is 10.1 Å². The molecular formula is C6H9NO3S2. The number of nitrogens with zero attached hydrogens (tertiary/aromatic N) is 1. The number of hydrogen-bond acceptors (Lipinski definition) is 5. The number of hydrogen-bond donors (Lipinski definition) is 0. The quantitative estimate of drug-likeness (QED) is 0.698. The van der Waals surface area contributed by atoms with E-state index in [1.54, 1.807) is 18.5 Å². The predicted octanol–water partition coefficient (Wildman–Crippen LogP) is 1.18. The highest BCUT2D eigenvalue weighted by Crippen LogP contribution is 2.20. The molecule has 12 heavy (non-hydrogen) atoms. The van der Waals surface area contributed by atoms with Gasteiger partial charge in [-0.1, -0.05) is 0 Å². The second-order valence-corrected chi connectivity index (χ2v) is 4.84. The topological polar surface area (TPSA) is 56.3 Å². The lowest BCUT2D eigenvalue weighted by Gasteiger charge is -2.06. The molecule has 1 aromatic heterocycles. The second kappa shape index (κ2) is 3.51. The minimum absolute atomic E-state index is 0.486. The fourth-order valence-electron chi connectivity index (χ4n) is 0.739. The SMILES string of the molecule is CC(OS(C)(=O)=O)c1nccs1. The summed E-state index contributed by atoms with van der Waals surface area (Å²) in [6, 6.07) is 0. The van der Waals surface area contributed by atoms with Crippen LogP contribution in [0.3, 0.4) is 0 Å². The van der Waals surface area contributed by atoms with Crippen LogP contribution in [-0.2, 0) is 14.3 Å². The predicted molar refractivity (Wildman–Crippen MR) is 46.5 cm³/mol. The molecule has 1 rings (SSSR count). The number of rotatable bonds is 3. The summed E-state index contributed by atoms with van der Waals surface area (Å²) in [7, 11) is -3.38. The van der Waals surface area contributed by atoms with E-state index < -0.39 is 16.2 Å². The molecule has 6 heteroatoms. The largest absolute Gasteiger partial charge is 0.265 e. The summed E-state index contributed by atoms with van der Waals surface area (Å²) >= 11 is 1.37. The first kappa shape index (κ1) is 9.63. The summed E-state index contributed by atoms with van der Waals surface area (Å²) in [6.07, 6.45) is 2.15. The molecule has 1 unspecified atom stereocenters. The zero-order valence-electron chi connectivity index (χ0n) is 6.72. The third-order valence-corrected chi connectivity index (χ3v) is 2.69. The Hall–Kier alpha value is -0.460. The lowest BCUT2D eigenvalue weighted by Crippen LogP contribution is -2.06. The normalized spacial score (nSPS) is 14.5.